The molecule has 2 aromatic carbocycles. The molecule has 0 aliphatic heterocycles. The van der Waals surface area contributed by atoms with E-state index < -0.39 is 0 Å². The van der Waals surface area contributed by atoms with Gasteiger partial charge in [0.15, 0.2) is 11.5 Å². The summed E-state index contributed by atoms with van der Waals surface area (Å²) >= 11 is 5.84. The van der Waals surface area contributed by atoms with Crippen LogP contribution >= 0.6 is 11.6 Å². The third-order valence-corrected chi connectivity index (χ3v) is 3.55. The first-order valence-corrected chi connectivity index (χ1v) is 7.84. The van der Waals surface area contributed by atoms with Gasteiger partial charge in [-0.1, -0.05) is 46.2 Å². The molecule has 1 N–H and O–H groups in total. The number of likely N-dealkylation sites (N-methyl/N-ethyl adjacent to an activating group) is 1. The van der Waals surface area contributed by atoms with Crippen LogP contribution in [0, 0.1) is 0 Å². The predicted molar refractivity (Wildman–Crippen MR) is 98.3 cm³/mol. The summed E-state index contributed by atoms with van der Waals surface area (Å²) in [7, 11) is 2.91. The summed E-state index contributed by atoms with van der Waals surface area (Å²) in [6.45, 7) is 1.78. The minimum absolute atomic E-state index is 0.154. The third kappa shape index (κ3) is 4.81. The maximum atomic E-state index is 12.1. The minimum atomic E-state index is -0.360. The van der Waals surface area contributed by atoms with Crippen molar-refractivity contribution in [2.24, 2.45) is 10.3 Å². The van der Waals surface area contributed by atoms with Crippen molar-refractivity contribution in [3.05, 3.63) is 64.7 Å². The highest BCUT2D eigenvalue weighted by Gasteiger charge is 2.18. The Bertz CT molecular complexity index is 801. The standard InChI is InChI=1S/C18H18ClN3O3/c1-12(21-25-14-10-8-13(19)9-11-14)15-6-4-5-7-16(15)17(22-24-3)18(23)20-2/h4-11H,1-3H3,(H,20,23). The summed E-state index contributed by atoms with van der Waals surface area (Å²) in [4.78, 5) is 22.3. The van der Waals surface area contributed by atoms with Crippen molar-refractivity contribution in [3.63, 3.8) is 0 Å². The Balaban J connectivity index is 2.35. The van der Waals surface area contributed by atoms with Crippen LogP contribution in [0.4, 0.5) is 0 Å². The summed E-state index contributed by atoms with van der Waals surface area (Å²) in [6.07, 6.45) is 0. The largest absolute Gasteiger partial charge is 0.398 e. The molecular formula is C18H18ClN3O3. The van der Waals surface area contributed by atoms with E-state index in [-0.39, 0.29) is 11.6 Å². The zero-order valence-corrected chi connectivity index (χ0v) is 14.9. The molecular weight excluding hydrogens is 342 g/mol. The van der Waals surface area contributed by atoms with E-state index >= 15 is 0 Å². The number of carbonyl (C=O) groups excluding carboxylic acids is 1. The highest BCUT2D eigenvalue weighted by atomic mass is 35.5. The number of rotatable bonds is 6. The summed E-state index contributed by atoms with van der Waals surface area (Å²) in [5, 5.41) is 11.1. The van der Waals surface area contributed by atoms with E-state index in [9.17, 15) is 4.79 Å². The second kappa shape index (κ2) is 8.84. The van der Waals surface area contributed by atoms with E-state index in [0.717, 1.165) is 0 Å². The molecule has 0 aliphatic carbocycles. The molecule has 0 bridgehead atoms. The van der Waals surface area contributed by atoms with Gasteiger partial charge in [-0.15, -0.1) is 0 Å². The van der Waals surface area contributed by atoms with Gasteiger partial charge in [0.25, 0.3) is 5.91 Å². The van der Waals surface area contributed by atoms with Crippen LogP contribution in [0.1, 0.15) is 18.1 Å². The first kappa shape index (κ1) is 18.5. The van der Waals surface area contributed by atoms with Gasteiger partial charge in [-0.25, -0.2) is 0 Å². The number of halogens is 1. The lowest BCUT2D eigenvalue weighted by Gasteiger charge is -2.10. The fraction of sp³-hybridized carbons (Fsp3) is 0.167. The fourth-order valence-electron chi connectivity index (χ4n) is 2.09. The zero-order valence-electron chi connectivity index (χ0n) is 14.1. The molecule has 0 fully saturated rings. The predicted octanol–water partition coefficient (Wildman–Crippen LogP) is 3.24. The normalized spacial score (nSPS) is 11.8. The smallest absolute Gasteiger partial charge is 0.273 e. The van der Waals surface area contributed by atoms with E-state index in [4.69, 9.17) is 21.3 Å². The summed E-state index contributed by atoms with van der Waals surface area (Å²) in [5.41, 5.74) is 2.03. The Morgan fingerprint density at radius 2 is 1.68 bits per heavy atom. The minimum Gasteiger partial charge on any atom is -0.398 e. The maximum Gasteiger partial charge on any atom is 0.273 e. The van der Waals surface area contributed by atoms with E-state index in [1.54, 1.807) is 43.3 Å². The molecule has 0 saturated carbocycles. The summed E-state index contributed by atoms with van der Waals surface area (Å²) in [6, 6.07) is 14.1. The molecule has 2 rings (SSSR count). The number of hydrogen-bond acceptors (Lipinski definition) is 5. The molecule has 2 aromatic rings. The summed E-state index contributed by atoms with van der Waals surface area (Å²) in [5.74, 6) is 0.194. The highest BCUT2D eigenvalue weighted by molar-refractivity contribution is 6.46. The molecule has 0 saturated heterocycles. The molecule has 1 amide bonds. The first-order valence-electron chi connectivity index (χ1n) is 7.47. The van der Waals surface area contributed by atoms with Crippen molar-refractivity contribution < 1.29 is 14.5 Å². The van der Waals surface area contributed by atoms with Crippen LogP contribution in [0.2, 0.25) is 5.02 Å². The maximum absolute atomic E-state index is 12.1. The van der Waals surface area contributed by atoms with Crippen molar-refractivity contribution in [3.8, 4) is 5.75 Å². The van der Waals surface area contributed by atoms with Crippen LogP contribution in [0.3, 0.4) is 0 Å². The molecule has 7 heteroatoms. The Morgan fingerprint density at radius 3 is 2.28 bits per heavy atom. The Labute approximate surface area is 151 Å². The van der Waals surface area contributed by atoms with Gasteiger partial charge in [0.2, 0.25) is 0 Å². The van der Waals surface area contributed by atoms with Crippen molar-refractivity contribution in [1.82, 2.24) is 5.32 Å². The van der Waals surface area contributed by atoms with Crippen LogP contribution in [0.25, 0.3) is 0 Å². The van der Waals surface area contributed by atoms with Gasteiger partial charge in [-0.2, -0.15) is 0 Å². The molecule has 0 atom stereocenters. The molecule has 0 heterocycles. The van der Waals surface area contributed by atoms with Crippen LogP contribution < -0.4 is 10.2 Å². The zero-order chi connectivity index (χ0) is 18.2. The quantitative estimate of drug-likeness (QED) is 0.635. The molecule has 0 radical (unpaired) electrons. The van der Waals surface area contributed by atoms with Gasteiger partial charge >= 0.3 is 0 Å². The number of amides is 1. The first-order chi connectivity index (χ1) is 12.1. The number of oxime groups is 2. The van der Waals surface area contributed by atoms with E-state index in [0.29, 0.717) is 27.6 Å². The topological polar surface area (TPSA) is 72.3 Å². The van der Waals surface area contributed by atoms with Crippen LogP contribution in [0.5, 0.6) is 5.75 Å². The van der Waals surface area contributed by atoms with Gasteiger partial charge in [0, 0.05) is 23.2 Å². The van der Waals surface area contributed by atoms with E-state index in [1.807, 2.05) is 12.1 Å². The molecule has 0 unspecified atom stereocenters. The molecule has 0 spiro atoms. The van der Waals surface area contributed by atoms with Crippen molar-refractivity contribution in [1.29, 1.82) is 0 Å². The second-order valence-electron chi connectivity index (χ2n) is 4.97. The Kier molecular flexibility index (Phi) is 6.54. The average molecular weight is 360 g/mol. The SMILES string of the molecule is CNC(=O)C(=NOC)c1ccccc1C(C)=NOc1ccc(Cl)cc1. The van der Waals surface area contributed by atoms with Gasteiger partial charge in [-0.3, -0.25) is 4.79 Å². The van der Waals surface area contributed by atoms with E-state index in [2.05, 4.69) is 15.6 Å². The Hall–Kier alpha value is -2.86. The third-order valence-electron chi connectivity index (χ3n) is 3.30. The van der Waals surface area contributed by atoms with Crippen LogP contribution in [0.15, 0.2) is 58.8 Å². The molecule has 25 heavy (non-hydrogen) atoms. The van der Waals surface area contributed by atoms with Gasteiger partial charge in [0.05, 0.1) is 5.71 Å². The lowest BCUT2D eigenvalue weighted by Crippen LogP contribution is -2.29. The van der Waals surface area contributed by atoms with Crippen molar-refractivity contribution >= 4 is 28.9 Å². The fourth-order valence-corrected chi connectivity index (χ4v) is 2.22. The highest BCUT2D eigenvalue weighted by Crippen LogP contribution is 2.17. The number of nitrogens with zero attached hydrogens (tertiary/aromatic N) is 2. The molecule has 0 aliphatic rings. The second-order valence-corrected chi connectivity index (χ2v) is 5.41. The van der Waals surface area contributed by atoms with Gasteiger partial charge in [-0.05, 0) is 31.2 Å². The van der Waals surface area contributed by atoms with Crippen molar-refractivity contribution in [2.75, 3.05) is 14.2 Å². The van der Waals surface area contributed by atoms with Gasteiger partial charge < -0.3 is 15.0 Å². The molecule has 0 aromatic heterocycles. The average Bonchev–Trinajstić information content (AvgIpc) is 2.65. The summed E-state index contributed by atoms with van der Waals surface area (Å²) < 4.78 is 0. The van der Waals surface area contributed by atoms with Crippen LogP contribution in [-0.4, -0.2) is 31.5 Å². The van der Waals surface area contributed by atoms with Crippen LogP contribution in [-0.2, 0) is 9.63 Å². The number of benzene rings is 2. The lowest BCUT2D eigenvalue weighted by atomic mass is 9.99. The lowest BCUT2D eigenvalue weighted by molar-refractivity contribution is -0.114. The number of hydrogen-bond donors (Lipinski definition) is 1. The Morgan fingerprint density at radius 1 is 1.04 bits per heavy atom. The van der Waals surface area contributed by atoms with Crippen molar-refractivity contribution in [2.45, 2.75) is 6.92 Å². The van der Waals surface area contributed by atoms with Gasteiger partial charge in [0.1, 0.15) is 7.11 Å². The monoisotopic (exact) mass is 359 g/mol. The number of carbonyl (C=O) groups is 1. The number of nitrogens with one attached hydrogen (secondary N) is 1. The van der Waals surface area contributed by atoms with E-state index in [1.165, 1.54) is 14.2 Å². The molecule has 6 nitrogen and oxygen atoms in total. The molecule has 130 valence electrons.